The smallest absolute Gasteiger partial charge is 0.220 e. The molecule has 1 aliphatic rings. The van der Waals surface area contributed by atoms with Crippen molar-refractivity contribution in [2.45, 2.75) is 19.2 Å². The van der Waals surface area contributed by atoms with Gasteiger partial charge in [0, 0.05) is 43.8 Å². The number of benzene rings is 1. The van der Waals surface area contributed by atoms with E-state index in [1.54, 1.807) is 6.07 Å². The van der Waals surface area contributed by atoms with E-state index in [1.807, 2.05) is 31.2 Å². The van der Waals surface area contributed by atoms with Crippen LogP contribution in [0.3, 0.4) is 0 Å². The lowest BCUT2D eigenvalue weighted by molar-refractivity contribution is 0.259. The molecule has 1 N–H and O–H groups in total. The molecule has 1 aliphatic heterocycles. The van der Waals surface area contributed by atoms with Gasteiger partial charge in [-0.15, -0.1) is 0 Å². The highest BCUT2D eigenvalue weighted by molar-refractivity contribution is 7.88. The molecule has 1 saturated heterocycles. The molecule has 0 spiro atoms. The second kappa shape index (κ2) is 9.40. The van der Waals surface area contributed by atoms with Gasteiger partial charge in [0.05, 0.1) is 12.2 Å². The minimum absolute atomic E-state index is 0.145. The lowest BCUT2D eigenvalue weighted by atomic mass is 10.2. The number of guanidine groups is 1. The van der Waals surface area contributed by atoms with E-state index in [9.17, 15) is 8.42 Å². The molecule has 0 radical (unpaired) electrons. The second-order valence-corrected chi connectivity index (χ2v) is 8.84. The SMILES string of the molecule is CCNC(=NCc1ccc(Cl)cc1)N1CCN(S(=O)(=O)Cc2ccon2)CC1. The van der Waals surface area contributed by atoms with Gasteiger partial charge in [-0.1, -0.05) is 28.9 Å². The molecule has 2 heterocycles. The maximum atomic E-state index is 12.6. The molecule has 0 atom stereocenters. The first-order valence-electron chi connectivity index (χ1n) is 9.12. The summed E-state index contributed by atoms with van der Waals surface area (Å²) in [5.74, 6) is 0.639. The number of sulfonamides is 1. The Labute approximate surface area is 170 Å². The average molecular weight is 426 g/mol. The molecule has 0 saturated carbocycles. The molecule has 152 valence electrons. The van der Waals surface area contributed by atoms with Crippen LogP contribution in [0.25, 0.3) is 0 Å². The van der Waals surface area contributed by atoms with Crippen LogP contribution in [0.1, 0.15) is 18.2 Å². The van der Waals surface area contributed by atoms with E-state index in [4.69, 9.17) is 16.1 Å². The first-order chi connectivity index (χ1) is 13.5. The Bertz CT molecular complexity index is 876. The summed E-state index contributed by atoms with van der Waals surface area (Å²) in [7, 11) is -3.42. The lowest BCUT2D eigenvalue weighted by Gasteiger charge is -2.35. The number of piperazine rings is 1. The lowest BCUT2D eigenvalue weighted by Crippen LogP contribution is -2.53. The Kier molecular flexibility index (Phi) is 6.93. The van der Waals surface area contributed by atoms with E-state index in [0.717, 1.165) is 18.1 Å². The van der Waals surface area contributed by atoms with Gasteiger partial charge >= 0.3 is 0 Å². The third-order valence-corrected chi connectivity index (χ3v) is 6.48. The van der Waals surface area contributed by atoms with Gasteiger partial charge in [-0.3, -0.25) is 0 Å². The molecule has 10 heteroatoms. The van der Waals surface area contributed by atoms with E-state index < -0.39 is 10.0 Å². The van der Waals surface area contributed by atoms with Gasteiger partial charge < -0.3 is 14.7 Å². The third kappa shape index (κ3) is 5.46. The van der Waals surface area contributed by atoms with Crippen LogP contribution in [-0.2, 0) is 22.3 Å². The van der Waals surface area contributed by atoms with Crippen molar-refractivity contribution in [3.8, 4) is 0 Å². The molecule has 1 aromatic heterocycles. The zero-order chi connectivity index (χ0) is 20.0. The highest BCUT2D eigenvalue weighted by atomic mass is 35.5. The third-order valence-electron chi connectivity index (χ3n) is 4.41. The number of nitrogens with zero attached hydrogens (tertiary/aromatic N) is 4. The minimum atomic E-state index is -3.42. The highest BCUT2D eigenvalue weighted by Crippen LogP contribution is 2.14. The van der Waals surface area contributed by atoms with Crippen LogP contribution in [0.2, 0.25) is 5.02 Å². The van der Waals surface area contributed by atoms with Crippen LogP contribution in [-0.4, -0.2) is 61.5 Å². The first kappa shape index (κ1) is 20.6. The van der Waals surface area contributed by atoms with Gasteiger partial charge in [0.2, 0.25) is 10.0 Å². The number of halogens is 1. The number of hydrogen-bond donors (Lipinski definition) is 1. The average Bonchev–Trinajstić information content (AvgIpc) is 3.19. The molecular formula is C18H24ClN5O3S. The van der Waals surface area contributed by atoms with E-state index in [-0.39, 0.29) is 5.75 Å². The van der Waals surface area contributed by atoms with Crippen molar-refractivity contribution in [2.75, 3.05) is 32.7 Å². The van der Waals surface area contributed by atoms with Crippen LogP contribution in [0, 0.1) is 0 Å². The summed E-state index contributed by atoms with van der Waals surface area (Å²) >= 11 is 5.92. The fourth-order valence-electron chi connectivity index (χ4n) is 2.95. The number of aliphatic imine (C=N–C) groups is 1. The normalized spacial score (nSPS) is 16.4. The van der Waals surface area contributed by atoms with E-state index in [0.29, 0.717) is 43.4 Å². The van der Waals surface area contributed by atoms with Crippen LogP contribution >= 0.6 is 11.6 Å². The number of hydrogen-bond acceptors (Lipinski definition) is 5. The fourth-order valence-corrected chi connectivity index (χ4v) is 4.50. The van der Waals surface area contributed by atoms with E-state index in [1.165, 1.54) is 10.6 Å². The molecule has 1 fully saturated rings. The van der Waals surface area contributed by atoms with Gasteiger partial charge in [0.15, 0.2) is 5.96 Å². The summed E-state index contributed by atoms with van der Waals surface area (Å²) < 4.78 is 31.3. The quantitative estimate of drug-likeness (QED) is 0.561. The van der Waals surface area contributed by atoms with Crippen molar-refractivity contribution >= 4 is 27.6 Å². The predicted molar refractivity (Wildman–Crippen MR) is 109 cm³/mol. The highest BCUT2D eigenvalue weighted by Gasteiger charge is 2.28. The van der Waals surface area contributed by atoms with Crippen LogP contribution < -0.4 is 5.32 Å². The molecule has 8 nitrogen and oxygen atoms in total. The summed E-state index contributed by atoms with van der Waals surface area (Å²) in [6, 6.07) is 9.16. The van der Waals surface area contributed by atoms with Crippen molar-refractivity contribution in [1.82, 2.24) is 19.7 Å². The molecule has 2 aromatic rings. The summed E-state index contributed by atoms with van der Waals surface area (Å²) in [4.78, 5) is 6.77. The van der Waals surface area contributed by atoms with Gasteiger partial charge in [-0.05, 0) is 24.6 Å². The number of aromatic nitrogens is 1. The van der Waals surface area contributed by atoms with Gasteiger partial charge in [0.1, 0.15) is 12.0 Å². The Morgan fingerprint density at radius 1 is 1.21 bits per heavy atom. The molecule has 3 rings (SSSR count). The molecule has 1 aromatic carbocycles. The Hall–Kier alpha value is -2.10. The minimum Gasteiger partial charge on any atom is -0.364 e. The van der Waals surface area contributed by atoms with E-state index in [2.05, 4.69) is 20.4 Å². The van der Waals surface area contributed by atoms with Crippen LogP contribution in [0.5, 0.6) is 0 Å². The second-order valence-electron chi connectivity index (χ2n) is 6.43. The maximum Gasteiger partial charge on any atom is 0.220 e. The molecule has 28 heavy (non-hydrogen) atoms. The molecular weight excluding hydrogens is 402 g/mol. The molecule has 0 aliphatic carbocycles. The van der Waals surface area contributed by atoms with Gasteiger partial charge in [0.25, 0.3) is 0 Å². The van der Waals surface area contributed by atoms with E-state index >= 15 is 0 Å². The monoisotopic (exact) mass is 425 g/mol. The van der Waals surface area contributed by atoms with Crippen LogP contribution in [0.15, 0.2) is 46.1 Å². The zero-order valence-corrected chi connectivity index (χ0v) is 17.3. The molecule has 0 unspecified atom stereocenters. The first-order valence-corrected chi connectivity index (χ1v) is 11.1. The predicted octanol–water partition coefficient (Wildman–Crippen LogP) is 1.94. The summed E-state index contributed by atoms with van der Waals surface area (Å²) in [5.41, 5.74) is 1.48. The fraction of sp³-hybridized carbons (Fsp3) is 0.444. The summed E-state index contributed by atoms with van der Waals surface area (Å²) in [6.45, 7) is 5.25. The Morgan fingerprint density at radius 3 is 2.54 bits per heavy atom. The Balaban J connectivity index is 1.60. The summed E-state index contributed by atoms with van der Waals surface area (Å²) in [5, 5.41) is 7.67. The van der Waals surface area contributed by atoms with Crippen molar-refractivity contribution < 1.29 is 12.9 Å². The van der Waals surface area contributed by atoms with Gasteiger partial charge in [-0.25, -0.2) is 13.4 Å². The zero-order valence-electron chi connectivity index (χ0n) is 15.7. The standard InChI is InChI=1S/C18H24ClN5O3S/c1-2-20-18(21-13-15-3-5-16(19)6-4-15)23-8-10-24(11-9-23)28(25,26)14-17-7-12-27-22-17/h3-7,12H,2,8-11,13-14H2,1H3,(H,20,21). The van der Waals surface area contributed by atoms with Crippen molar-refractivity contribution in [3.63, 3.8) is 0 Å². The van der Waals surface area contributed by atoms with Crippen LogP contribution in [0.4, 0.5) is 0 Å². The van der Waals surface area contributed by atoms with Gasteiger partial charge in [-0.2, -0.15) is 4.31 Å². The molecule has 0 amide bonds. The van der Waals surface area contributed by atoms with Crippen molar-refractivity contribution in [3.05, 3.63) is 52.9 Å². The molecule has 0 bridgehead atoms. The maximum absolute atomic E-state index is 12.6. The topological polar surface area (TPSA) is 91.0 Å². The number of nitrogens with one attached hydrogen (secondary N) is 1. The Morgan fingerprint density at radius 2 is 1.93 bits per heavy atom. The largest absolute Gasteiger partial charge is 0.364 e. The van der Waals surface area contributed by atoms with Crippen molar-refractivity contribution in [2.24, 2.45) is 4.99 Å². The van der Waals surface area contributed by atoms with Crippen molar-refractivity contribution in [1.29, 1.82) is 0 Å². The number of rotatable bonds is 6. The summed E-state index contributed by atoms with van der Waals surface area (Å²) in [6.07, 6.45) is 1.38.